The van der Waals surface area contributed by atoms with Crippen LogP contribution in [0.2, 0.25) is 0 Å². The number of aromatic amines is 1. The Labute approximate surface area is 215 Å². The number of benzene rings is 3. The Balaban J connectivity index is 1.35. The zero-order chi connectivity index (χ0) is 26.0. The summed E-state index contributed by atoms with van der Waals surface area (Å²) in [4.78, 5) is 40.6. The molecule has 190 valence electrons. The van der Waals surface area contributed by atoms with Gasteiger partial charge in [0.1, 0.15) is 6.04 Å². The van der Waals surface area contributed by atoms with Crippen molar-refractivity contribution in [3.05, 3.63) is 108 Å². The average molecular weight is 499 g/mol. The zero-order valence-corrected chi connectivity index (χ0v) is 20.3. The van der Waals surface area contributed by atoms with E-state index >= 15 is 0 Å². The van der Waals surface area contributed by atoms with Crippen molar-refractivity contribution >= 4 is 28.7 Å². The van der Waals surface area contributed by atoms with Crippen molar-refractivity contribution in [3.8, 4) is 0 Å². The highest BCUT2D eigenvalue weighted by molar-refractivity contribution is 5.90. The molecule has 0 fully saturated rings. The topological polar surface area (TPSA) is 123 Å². The number of carboxylic acids is 1. The van der Waals surface area contributed by atoms with E-state index in [9.17, 15) is 19.5 Å². The highest BCUT2D eigenvalue weighted by atomic mass is 16.4. The average Bonchev–Trinajstić information content (AvgIpc) is 3.33. The van der Waals surface area contributed by atoms with Gasteiger partial charge < -0.3 is 26.0 Å². The van der Waals surface area contributed by atoms with Crippen molar-refractivity contribution < 1.29 is 19.5 Å². The third-order valence-corrected chi connectivity index (χ3v) is 6.15. The van der Waals surface area contributed by atoms with E-state index in [1.165, 1.54) is 0 Å². The van der Waals surface area contributed by atoms with Crippen LogP contribution in [0.1, 0.15) is 16.7 Å². The van der Waals surface area contributed by atoms with Crippen LogP contribution in [0, 0.1) is 0 Å². The Bertz CT molecular complexity index is 1340. The Morgan fingerprint density at radius 2 is 1.43 bits per heavy atom. The lowest BCUT2D eigenvalue weighted by Crippen LogP contribution is -2.50. The van der Waals surface area contributed by atoms with Crippen LogP contribution < -0.4 is 16.0 Å². The second kappa shape index (κ2) is 12.5. The standard InChI is InChI=1S/C29H30N4O4/c34-27(33-26(29(36)37)16-22-18-31-24-14-8-7-13-23(22)24)19-32-28(35)25(15-20-9-3-1-4-10-20)30-17-21-11-5-2-6-12-21/h1-14,18,25-26,30-31H,15-17,19H2,(H,32,35)(H,33,34)(H,36,37)/t25-,26-/m0/s1. The summed E-state index contributed by atoms with van der Waals surface area (Å²) < 4.78 is 0. The third kappa shape index (κ3) is 7.28. The van der Waals surface area contributed by atoms with E-state index in [0.717, 1.165) is 27.6 Å². The molecule has 0 aliphatic carbocycles. The molecular weight excluding hydrogens is 468 g/mol. The van der Waals surface area contributed by atoms with E-state index in [1.807, 2.05) is 84.9 Å². The molecular formula is C29H30N4O4. The van der Waals surface area contributed by atoms with Gasteiger partial charge in [-0.2, -0.15) is 0 Å². The summed E-state index contributed by atoms with van der Waals surface area (Å²) in [5.74, 6) is -2.04. The van der Waals surface area contributed by atoms with Gasteiger partial charge in [0.25, 0.3) is 0 Å². The third-order valence-electron chi connectivity index (χ3n) is 6.15. The van der Waals surface area contributed by atoms with Gasteiger partial charge in [-0.25, -0.2) is 4.79 Å². The molecule has 3 aromatic carbocycles. The van der Waals surface area contributed by atoms with Crippen molar-refractivity contribution in [2.75, 3.05) is 6.54 Å². The van der Waals surface area contributed by atoms with E-state index in [1.54, 1.807) is 6.20 Å². The molecule has 1 heterocycles. The Morgan fingerprint density at radius 3 is 2.14 bits per heavy atom. The molecule has 2 atom stereocenters. The summed E-state index contributed by atoms with van der Waals surface area (Å²) in [6.07, 6.45) is 2.31. The summed E-state index contributed by atoms with van der Waals surface area (Å²) in [5, 5.41) is 19.1. The first-order valence-corrected chi connectivity index (χ1v) is 12.2. The molecule has 8 heteroatoms. The quantitative estimate of drug-likeness (QED) is 0.206. The Morgan fingerprint density at radius 1 is 0.784 bits per heavy atom. The van der Waals surface area contributed by atoms with Crippen LogP contribution in [0.25, 0.3) is 10.9 Å². The molecule has 0 aliphatic rings. The molecule has 0 aliphatic heterocycles. The molecule has 0 saturated heterocycles. The predicted molar refractivity (Wildman–Crippen MR) is 142 cm³/mol. The Kier molecular flexibility index (Phi) is 8.67. The fourth-order valence-corrected chi connectivity index (χ4v) is 4.20. The van der Waals surface area contributed by atoms with Gasteiger partial charge >= 0.3 is 5.97 Å². The number of aliphatic carboxylic acids is 1. The summed E-state index contributed by atoms with van der Waals surface area (Å²) in [6, 6.07) is 25.2. The lowest BCUT2D eigenvalue weighted by atomic mass is 10.0. The lowest BCUT2D eigenvalue weighted by Gasteiger charge is -2.19. The Hall–Kier alpha value is -4.43. The van der Waals surface area contributed by atoms with E-state index < -0.39 is 24.0 Å². The number of carboxylic acid groups (broad SMARTS) is 1. The highest BCUT2D eigenvalue weighted by Gasteiger charge is 2.23. The molecule has 2 amide bonds. The van der Waals surface area contributed by atoms with Crippen LogP contribution in [0.4, 0.5) is 0 Å². The van der Waals surface area contributed by atoms with Crippen LogP contribution in [-0.4, -0.2) is 46.5 Å². The van der Waals surface area contributed by atoms with Gasteiger partial charge in [-0.3, -0.25) is 9.59 Å². The van der Waals surface area contributed by atoms with Crippen LogP contribution in [0.3, 0.4) is 0 Å². The summed E-state index contributed by atoms with van der Waals surface area (Å²) in [6.45, 7) is 0.165. The second-order valence-corrected chi connectivity index (χ2v) is 8.85. The maximum absolute atomic E-state index is 13.0. The van der Waals surface area contributed by atoms with Crippen LogP contribution in [-0.2, 0) is 33.8 Å². The van der Waals surface area contributed by atoms with Crippen molar-refractivity contribution in [2.45, 2.75) is 31.5 Å². The first-order valence-electron chi connectivity index (χ1n) is 12.2. The monoisotopic (exact) mass is 498 g/mol. The number of aromatic nitrogens is 1. The van der Waals surface area contributed by atoms with Gasteiger partial charge in [0.15, 0.2) is 0 Å². The maximum Gasteiger partial charge on any atom is 0.326 e. The SMILES string of the molecule is O=C(CNC(=O)[C@H](Cc1ccccc1)NCc1ccccc1)N[C@@H](Cc1c[nH]c2ccccc12)C(=O)O. The predicted octanol–water partition coefficient (Wildman–Crippen LogP) is 2.80. The number of carbonyl (C=O) groups is 3. The molecule has 8 nitrogen and oxygen atoms in total. The van der Waals surface area contributed by atoms with Crippen molar-refractivity contribution in [1.82, 2.24) is 20.9 Å². The highest BCUT2D eigenvalue weighted by Crippen LogP contribution is 2.19. The van der Waals surface area contributed by atoms with E-state index in [2.05, 4.69) is 20.9 Å². The minimum atomic E-state index is -1.14. The van der Waals surface area contributed by atoms with Crippen molar-refractivity contribution in [3.63, 3.8) is 0 Å². The number of rotatable bonds is 12. The zero-order valence-electron chi connectivity index (χ0n) is 20.3. The van der Waals surface area contributed by atoms with Gasteiger partial charge in [0.05, 0.1) is 12.6 Å². The number of carbonyl (C=O) groups excluding carboxylic acids is 2. The molecule has 5 N–H and O–H groups in total. The molecule has 0 radical (unpaired) electrons. The number of H-pyrrole nitrogens is 1. The number of para-hydroxylation sites is 1. The smallest absolute Gasteiger partial charge is 0.326 e. The van der Waals surface area contributed by atoms with E-state index in [4.69, 9.17) is 0 Å². The van der Waals surface area contributed by atoms with Crippen LogP contribution in [0.5, 0.6) is 0 Å². The number of fused-ring (bicyclic) bond motifs is 1. The molecule has 4 rings (SSSR count). The lowest BCUT2D eigenvalue weighted by molar-refractivity contribution is -0.141. The van der Waals surface area contributed by atoms with Crippen LogP contribution >= 0.6 is 0 Å². The van der Waals surface area contributed by atoms with E-state index in [0.29, 0.717) is 13.0 Å². The molecule has 1 aromatic heterocycles. The summed E-state index contributed by atoms with van der Waals surface area (Å²) >= 11 is 0. The molecule has 4 aromatic rings. The first-order chi connectivity index (χ1) is 18.0. The van der Waals surface area contributed by atoms with Gasteiger partial charge in [-0.05, 0) is 29.2 Å². The fraction of sp³-hybridized carbons (Fsp3) is 0.207. The molecule has 37 heavy (non-hydrogen) atoms. The van der Waals surface area contributed by atoms with Crippen LogP contribution in [0.15, 0.2) is 91.1 Å². The number of hydrogen-bond donors (Lipinski definition) is 5. The molecule has 0 bridgehead atoms. The molecule has 0 unspecified atom stereocenters. The summed E-state index contributed by atoms with van der Waals surface area (Å²) in [5.41, 5.74) is 3.71. The van der Waals surface area contributed by atoms with Crippen molar-refractivity contribution in [2.24, 2.45) is 0 Å². The fourth-order valence-electron chi connectivity index (χ4n) is 4.20. The molecule has 0 spiro atoms. The maximum atomic E-state index is 13.0. The van der Waals surface area contributed by atoms with E-state index in [-0.39, 0.29) is 18.9 Å². The van der Waals surface area contributed by atoms with Gasteiger partial charge in [0, 0.05) is 30.1 Å². The van der Waals surface area contributed by atoms with Gasteiger partial charge in [-0.15, -0.1) is 0 Å². The summed E-state index contributed by atoms with van der Waals surface area (Å²) in [7, 11) is 0. The largest absolute Gasteiger partial charge is 0.480 e. The first kappa shape index (κ1) is 25.7. The number of amides is 2. The number of nitrogens with one attached hydrogen (secondary N) is 4. The second-order valence-electron chi connectivity index (χ2n) is 8.85. The number of hydrogen-bond acceptors (Lipinski definition) is 4. The van der Waals surface area contributed by atoms with Gasteiger partial charge in [-0.1, -0.05) is 78.9 Å². The normalized spacial score (nSPS) is 12.5. The van der Waals surface area contributed by atoms with Gasteiger partial charge in [0.2, 0.25) is 11.8 Å². The van der Waals surface area contributed by atoms with Crippen molar-refractivity contribution in [1.29, 1.82) is 0 Å². The minimum Gasteiger partial charge on any atom is -0.480 e. The minimum absolute atomic E-state index is 0.119. The molecule has 0 saturated carbocycles.